The second-order valence-corrected chi connectivity index (χ2v) is 4.81. The molecule has 1 fully saturated rings. The number of nitrogens with two attached hydrogens (primary N) is 2. The van der Waals surface area contributed by atoms with Crippen LogP contribution in [0.2, 0.25) is 0 Å². The minimum absolute atomic E-state index is 0.0126. The largest absolute Gasteiger partial charge is 0.369 e. The molecule has 0 aromatic carbocycles. The van der Waals surface area contributed by atoms with Crippen molar-refractivity contribution in [3.8, 4) is 0 Å². The third kappa shape index (κ3) is 3.11. The maximum atomic E-state index is 11.1. The Hall–Kier alpha value is -2.45. The number of amides is 1. The van der Waals surface area contributed by atoms with Gasteiger partial charge in [0.05, 0.1) is 4.92 Å². The molecular formula is C11H16N6O3. The molecule has 1 aliphatic rings. The van der Waals surface area contributed by atoms with Crippen LogP contribution in [0.3, 0.4) is 0 Å². The van der Waals surface area contributed by atoms with Gasteiger partial charge in [-0.3, -0.25) is 14.9 Å². The van der Waals surface area contributed by atoms with Gasteiger partial charge in [0, 0.05) is 12.0 Å². The highest BCUT2D eigenvalue weighted by atomic mass is 16.6. The maximum Gasteiger partial charge on any atom is 0.329 e. The molecular weight excluding hydrogens is 264 g/mol. The number of carbonyl (C=O) groups is 1. The zero-order chi connectivity index (χ0) is 14.7. The van der Waals surface area contributed by atoms with Crippen LogP contribution in [0.4, 0.5) is 17.5 Å². The van der Waals surface area contributed by atoms with Gasteiger partial charge < -0.3 is 16.8 Å². The number of rotatable bonds is 4. The summed E-state index contributed by atoms with van der Waals surface area (Å²) in [5.41, 5.74) is 10.5. The standard InChI is InChI=1S/C11H16N6O3/c12-9(18)6-1-3-7(4-2-6)15-10-8(17(19)20)5-14-11(13)16-10/h5-7H,1-4H2,(H2,12,18)(H3,13,14,15,16). The molecule has 1 aliphatic carbocycles. The van der Waals surface area contributed by atoms with Crippen LogP contribution in [0.1, 0.15) is 25.7 Å². The Balaban J connectivity index is 2.06. The lowest BCUT2D eigenvalue weighted by molar-refractivity contribution is -0.384. The molecule has 2 rings (SSSR count). The molecule has 0 saturated heterocycles. The molecule has 0 aliphatic heterocycles. The van der Waals surface area contributed by atoms with Gasteiger partial charge in [0.15, 0.2) is 0 Å². The molecule has 1 amide bonds. The van der Waals surface area contributed by atoms with Crippen LogP contribution in [-0.4, -0.2) is 26.8 Å². The van der Waals surface area contributed by atoms with E-state index in [9.17, 15) is 14.9 Å². The van der Waals surface area contributed by atoms with Crippen LogP contribution in [-0.2, 0) is 4.79 Å². The fourth-order valence-electron chi connectivity index (χ4n) is 2.34. The number of nitrogens with one attached hydrogen (secondary N) is 1. The summed E-state index contributed by atoms with van der Waals surface area (Å²) in [7, 11) is 0. The fourth-order valence-corrected chi connectivity index (χ4v) is 2.34. The van der Waals surface area contributed by atoms with Crippen LogP contribution < -0.4 is 16.8 Å². The topological polar surface area (TPSA) is 150 Å². The second kappa shape index (κ2) is 5.68. The lowest BCUT2D eigenvalue weighted by Crippen LogP contribution is -2.32. The van der Waals surface area contributed by atoms with Crippen molar-refractivity contribution in [2.75, 3.05) is 11.1 Å². The number of aromatic nitrogens is 2. The van der Waals surface area contributed by atoms with Gasteiger partial charge in [-0.05, 0) is 25.7 Å². The number of nitro groups is 1. The van der Waals surface area contributed by atoms with Crippen LogP contribution in [0.15, 0.2) is 6.20 Å². The smallest absolute Gasteiger partial charge is 0.329 e. The Labute approximate surface area is 114 Å². The van der Waals surface area contributed by atoms with E-state index in [1.54, 1.807) is 0 Å². The molecule has 1 aromatic rings. The van der Waals surface area contributed by atoms with E-state index in [1.165, 1.54) is 0 Å². The Morgan fingerprint density at radius 3 is 2.60 bits per heavy atom. The maximum absolute atomic E-state index is 11.1. The normalized spacial score (nSPS) is 22.2. The van der Waals surface area contributed by atoms with E-state index in [0.29, 0.717) is 25.7 Å². The van der Waals surface area contributed by atoms with E-state index in [0.717, 1.165) is 6.20 Å². The highest BCUT2D eigenvalue weighted by Gasteiger charge is 2.27. The van der Waals surface area contributed by atoms with Crippen molar-refractivity contribution in [3.63, 3.8) is 0 Å². The van der Waals surface area contributed by atoms with Gasteiger partial charge in [0.1, 0.15) is 6.20 Å². The van der Waals surface area contributed by atoms with Crippen molar-refractivity contribution in [1.82, 2.24) is 9.97 Å². The number of carbonyl (C=O) groups excluding carboxylic acids is 1. The highest BCUT2D eigenvalue weighted by molar-refractivity contribution is 5.76. The molecule has 9 nitrogen and oxygen atoms in total. The van der Waals surface area contributed by atoms with Gasteiger partial charge >= 0.3 is 5.69 Å². The molecule has 20 heavy (non-hydrogen) atoms. The van der Waals surface area contributed by atoms with Crippen molar-refractivity contribution in [2.45, 2.75) is 31.7 Å². The van der Waals surface area contributed by atoms with Gasteiger partial charge in [0.25, 0.3) is 0 Å². The van der Waals surface area contributed by atoms with Crippen molar-refractivity contribution in [1.29, 1.82) is 0 Å². The molecule has 0 unspecified atom stereocenters. The molecule has 9 heteroatoms. The average molecular weight is 280 g/mol. The number of anilines is 2. The van der Waals surface area contributed by atoms with E-state index in [2.05, 4.69) is 15.3 Å². The molecule has 0 radical (unpaired) electrons. The molecule has 1 saturated carbocycles. The second-order valence-electron chi connectivity index (χ2n) is 4.81. The molecule has 0 atom stereocenters. The summed E-state index contributed by atoms with van der Waals surface area (Å²) in [6.07, 6.45) is 3.83. The molecule has 1 aromatic heterocycles. The summed E-state index contributed by atoms with van der Waals surface area (Å²) in [6.45, 7) is 0. The molecule has 0 spiro atoms. The lowest BCUT2D eigenvalue weighted by Gasteiger charge is -2.27. The Kier molecular flexibility index (Phi) is 3.97. The predicted octanol–water partition coefficient (Wildman–Crippen LogP) is 0.423. The van der Waals surface area contributed by atoms with Crippen LogP contribution in [0, 0.1) is 16.0 Å². The van der Waals surface area contributed by atoms with E-state index in [1.807, 2.05) is 0 Å². The van der Waals surface area contributed by atoms with Crippen molar-refractivity contribution in [2.24, 2.45) is 11.7 Å². The lowest BCUT2D eigenvalue weighted by atomic mass is 9.85. The first-order valence-corrected chi connectivity index (χ1v) is 6.30. The minimum atomic E-state index is -0.559. The first-order valence-electron chi connectivity index (χ1n) is 6.30. The summed E-state index contributed by atoms with van der Waals surface area (Å²) in [5, 5.41) is 13.9. The summed E-state index contributed by atoms with van der Waals surface area (Å²) < 4.78 is 0. The number of nitrogen functional groups attached to an aromatic ring is 1. The highest BCUT2D eigenvalue weighted by Crippen LogP contribution is 2.29. The Morgan fingerprint density at radius 2 is 2.05 bits per heavy atom. The van der Waals surface area contributed by atoms with E-state index in [-0.39, 0.29) is 35.3 Å². The number of hydrogen-bond donors (Lipinski definition) is 3. The van der Waals surface area contributed by atoms with Gasteiger partial charge in [-0.25, -0.2) is 4.98 Å². The summed E-state index contributed by atoms with van der Waals surface area (Å²) >= 11 is 0. The van der Waals surface area contributed by atoms with Crippen molar-refractivity contribution >= 4 is 23.4 Å². The summed E-state index contributed by atoms with van der Waals surface area (Å²) in [4.78, 5) is 28.9. The summed E-state index contributed by atoms with van der Waals surface area (Å²) in [5.74, 6) is -0.312. The predicted molar refractivity (Wildman–Crippen MR) is 71.7 cm³/mol. The quantitative estimate of drug-likeness (QED) is 0.534. The van der Waals surface area contributed by atoms with Gasteiger partial charge in [-0.2, -0.15) is 4.98 Å². The third-order valence-electron chi connectivity index (χ3n) is 3.46. The summed E-state index contributed by atoms with van der Waals surface area (Å²) in [6, 6.07) is 0.0126. The third-order valence-corrected chi connectivity index (χ3v) is 3.46. The molecule has 108 valence electrons. The van der Waals surface area contributed by atoms with Crippen LogP contribution in [0.25, 0.3) is 0 Å². The fraction of sp³-hybridized carbons (Fsp3) is 0.545. The zero-order valence-electron chi connectivity index (χ0n) is 10.8. The first kappa shape index (κ1) is 14.0. The number of hydrogen-bond acceptors (Lipinski definition) is 7. The number of primary amides is 1. The molecule has 0 bridgehead atoms. The van der Waals surface area contributed by atoms with Crippen molar-refractivity contribution in [3.05, 3.63) is 16.3 Å². The zero-order valence-corrected chi connectivity index (χ0v) is 10.8. The van der Waals surface area contributed by atoms with Gasteiger partial charge in [0.2, 0.25) is 17.7 Å². The van der Waals surface area contributed by atoms with Crippen LogP contribution in [0.5, 0.6) is 0 Å². The van der Waals surface area contributed by atoms with Gasteiger partial charge in [-0.1, -0.05) is 0 Å². The SMILES string of the molecule is NC(=O)C1CCC(Nc2nc(N)ncc2[N+](=O)[O-])CC1. The first-order chi connectivity index (χ1) is 9.47. The molecule has 5 N–H and O–H groups in total. The molecule has 1 heterocycles. The van der Waals surface area contributed by atoms with Gasteiger partial charge in [-0.15, -0.1) is 0 Å². The van der Waals surface area contributed by atoms with Crippen molar-refractivity contribution < 1.29 is 9.72 Å². The Bertz CT molecular complexity index is 527. The number of nitrogens with zero attached hydrogens (tertiary/aromatic N) is 3. The van der Waals surface area contributed by atoms with E-state index in [4.69, 9.17) is 11.5 Å². The minimum Gasteiger partial charge on any atom is -0.369 e. The van der Waals surface area contributed by atoms with E-state index < -0.39 is 4.92 Å². The average Bonchev–Trinajstić information content (AvgIpc) is 2.39. The monoisotopic (exact) mass is 280 g/mol. The van der Waals surface area contributed by atoms with Crippen LogP contribution >= 0.6 is 0 Å². The Morgan fingerprint density at radius 1 is 1.40 bits per heavy atom. The van der Waals surface area contributed by atoms with E-state index >= 15 is 0 Å².